The minimum Gasteiger partial charge on any atom is -0.454 e. The van der Waals surface area contributed by atoms with Crippen LogP contribution in [0.4, 0.5) is 5.69 Å². The molecule has 0 saturated carbocycles. The van der Waals surface area contributed by atoms with E-state index in [0.29, 0.717) is 5.89 Å². The third-order valence-electron chi connectivity index (χ3n) is 2.93. The summed E-state index contributed by atoms with van der Waals surface area (Å²) in [5, 5.41) is 20.4. The summed E-state index contributed by atoms with van der Waals surface area (Å²) in [5.41, 5.74) is -0.152. The van der Waals surface area contributed by atoms with Crippen LogP contribution in [0.5, 0.6) is 0 Å². The molecule has 0 aliphatic carbocycles. The number of amides is 1. The Labute approximate surface area is 136 Å². The fraction of sp³-hybridized carbons (Fsp3) is 0.286. The number of rotatable bonds is 6. The Kier molecular flexibility index (Phi) is 5.20. The largest absolute Gasteiger partial charge is 0.454 e. The molecule has 126 valence electrons. The van der Waals surface area contributed by atoms with Gasteiger partial charge in [-0.15, -0.1) is 10.2 Å². The summed E-state index contributed by atoms with van der Waals surface area (Å²) in [5.74, 6) is -0.854. The quantitative estimate of drug-likeness (QED) is 0.471. The fourth-order valence-electron chi connectivity index (χ4n) is 1.75. The highest BCUT2D eigenvalue weighted by Crippen LogP contribution is 2.13. The van der Waals surface area contributed by atoms with Crippen molar-refractivity contribution in [3.8, 4) is 0 Å². The molecule has 10 nitrogen and oxygen atoms in total. The molecule has 1 N–H and O–H groups in total. The topological polar surface area (TPSA) is 137 Å². The van der Waals surface area contributed by atoms with Gasteiger partial charge in [-0.05, 0) is 13.0 Å². The summed E-state index contributed by atoms with van der Waals surface area (Å²) >= 11 is 0. The molecule has 0 spiro atoms. The van der Waals surface area contributed by atoms with Gasteiger partial charge in [0.25, 0.3) is 17.5 Å². The number of hydrogen-bond donors (Lipinski definition) is 1. The standard InChI is InChI=1S/C14H14N4O6/c1-8(14(20)23-7-12-17-16-9(2)24-12)15-13(19)10-4-3-5-11(6-10)18(21)22/h3-6,8H,7H2,1-2H3,(H,15,19). The van der Waals surface area contributed by atoms with E-state index in [1.165, 1.54) is 25.1 Å². The van der Waals surface area contributed by atoms with Crippen LogP contribution < -0.4 is 5.32 Å². The van der Waals surface area contributed by atoms with Crippen molar-refractivity contribution in [2.75, 3.05) is 0 Å². The van der Waals surface area contributed by atoms with Crippen LogP contribution in [0.25, 0.3) is 0 Å². The number of carbonyl (C=O) groups is 2. The Balaban J connectivity index is 1.91. The van der Waals surface area contributed by atoms with Crippen LogP contribution in [0.1, 0.15) is 29.1 Å². The van der Waals surface area contributed by atoms with Crippen LogP contribution in [-0.2, 0) is 16.1 Å². The lowest BCUT2D eigenvalue weighted by Gasteiger charge is -2.12. The van der Waals surface area contributed by atoms with E-state index in [1.807, 2.05) is 0 Å². The molecule has 2 rings (SSSR count). The summed E-state index contributed by atoms with van der Waals surface area (Å²) in [6.45, 7) is 2.81. The van der Waals surface area contributed by atoms with E-state index in [1.54, 1.807) is 6.92 Å². The molecule has 1 aromatic carbocycles. The number of hydrogen-bond acceptors (Lipinski definition) is 8. The van der Waals surface area contributed by atoms with Gasteiger partial charge in [0.2, 0.25) is 5.89 Å². The predicted molar refractivity (Wildman–Crippen MR) is 78.9 cm³/mol. The number of nitro groups is 1. The molecular formula is C14H14N4O6. The van der Waals surface area contributed by atoms with Gasteiger partial charge in [-0.25, -0.2) is 4.79 Å². The summed E-state index contributed by atoms with van der Waals surface area (Å²) in [6, 6.07) is 4.21. The van der Waals surface area contributed by atoms with E-state index < -0.39 is 22.8 Å². The first-order valence-corrected chi connectivity index (χ1v) is 6.87. The van der Waals surface area contributed by atoms with E-state index >= 15 is 0 Å². The van der Waals surface area contributed by atoms with Crippen LogP contribution in [0, 0.1) is 17.0 Å². The van der Waals surface area contributed by atoms with E-state index in [4.69, 9.17) is 9.15 Å². The average Bonchev–Trinajstić information content (AvgIpc) is 2.98. The maximum absolute atomic E-state index is 12.0. The molecule has 10 heteroatoms. The number of non-ortho nitro benzene ring substituents is 1. The number of ether oxygens (including phenoxy) is 1. The number of nitro benzene ring substituents is 1. The fourth-order valence-corrected chi connectivity index (χ4v) is 1.75. The molecule has 0 radical (unpaired) electrons. The minimum atomic E-state index is -0.958. The summed E-state index contributed by atoms with van der Waals surface area (Å²) < 4.78 is 9.99. The van der Waals surface area contributed by atoms with Crippen molar-refractivity contribution in [3.63, 3.8) is 0 Å². The van der Waals surface area contributed by atoms with Gasteiger partial charge in [0, 0.05) is 24.6 Å². The van der Waals surface area contributed by atoms with Gasteiger partial charge in [0.05, 0.1) is 4.92 Å². The first-order chi connectivity index (χ1) is 11.4. The number of benzene rings is 1. The number of aromatic nitrogens is 2. The van der Waals surface area contributed by atoms with E-state index in [-0.39, 0.29) is 23.7 Å². The van der Waals surface area contributed by atoms with Gasteiger partial charge in [0.1, 0.15) is 6.04 Å². The Morgan fingerprint density at radius 3 is 2.79 bits per heavy atom. The van der Waals surface area contributed by atoms with E-state index in [9.17, 15) is 19.7 Å². The van der Waals surface area contributed by atoms with Crippen LogP contribution in [0.3, 0.4) is 0 Å². The van der Waals surface area contributed by atoms with E-state index in [0.717, 1.165) is 6.07 Å². The molecule has 0 saturated heterocycles. The van der Waals surface area contributed by atoms with E-state index in [2.05, 4.69) is 15.5 Å². The van der Waals surface area contributed by atoms with Crippen molar-refractivity contribution < 1.29 is 23.7 Å². The molecule has 1 heterocycles. The van der Waals surface area contributed by atoms with Gasteiger partial charge in [-0.3, -0.25) is 14.9 Å². The number of carbonyl (C=O) groups excluding carboxylic acids is 2. The first-order valence-electron chi connectivity index (χ1n) is 6.87. The molecule has 0 aliphatic rings. The maximum atomic E-state index is 12.0. The SMILES string of the molecule is Cc1nnc(COC(=O)C(C)NC(=O)c2cccc([N+](=O)[O-])c2)o1. The van der Waals surface area contributed by atoms with Crippen LogP contribution in [-0.4, -0.2) is 33.0 Å². The highest BCUT2D eigenvalue weighted by Gasteiger charge is 2.20. The second-order valence-corrected chi connectivity index (χ2v) is 4.83. The zero-order valence-corrected chi connectivity index (χ0v) is 12.9. The summed E-state index contributed by atoms with van der Waals surface area (Å²) in [7, 11) is 0. The molecule has 1 atom stereocenters. The molecule has 0 aliphatic heterocycles. The van der Waals surface area contributed by atoms with Crippen LogP contribution in [0.2, 0.25) is 0 Å². The normalized spacial score (nSPS) is 11.6. The second-order valence-electron chi connectivity index (χ2n) is 4.83. The molecule has 1 amide bonds. The average molecular weight is 334 g/mol. The Morgan fingerprint density at radius 1 is 1.42 bits per heavy atom. The lowest BCUT2D eigenvalue weighted by molar-refractivity contribution is -0.384. The molecular weight excluding hydrogens is 320 g/mol. The molecule has 1 unspecified atom stereocenters. The van der Waals surface area contributed by atoms with Gasteiger partial charge in [0.15, 0.2) is 6.61 Å². The highest BCUT2D eigenvalue weighted by atomic mass is 16.6. The Hall–Kier alpha value is -3.30. The van der Waals surface area contributed by atoms with Crippen molar-refractivity contribution in [2.24, 2.45) is 0 Å². The van der Waals surface area contributed by atoms with Crippen molar-refractivity contribution in [2.45, 2.75) is 26.5 Å². The van der Waals surface area contributed by atoms with Crippen molar-refractivity contribution >= 4 is 17.6 Å². The third-order valence-corrected chi connectivity index (χ3v) is 2.93. The summed E-state index contributed by atoms with van der Waals surface area (Å²) in [6.07, 6.45) is 0. The highest BCUT2D eigenvalue weighted by molar-refractivity contribution is 5.97. The van der Waals surface area contributed by atoms with Crippen molar-refractivity contribution in [3.05, 3.63) is 51.7 Å². The zero-order valence-electron chi connectivity index (χ0n) is 12.9. The van der Waals surface area contributed by atoms with Gasteiger partial charge in [-0.1, -0.05) is 6.07 Å². The van der Waals surface area contributed by atoms with Crippen LogP contribution >= 0.6 is 0 Å². The number of nitrogens with one attached hydrogen (secondary N) is 1. The predicted octanol–water partition coefficient (Wildman–Crippen LogP) is 1.15. The number of nitrogens with zero attached hydrogens (tertiary/aromatic N) is 3. The molecule has 24 heavy (non-hydrogen) atoms. The second kappa shape index (κ2) is 7.31. The maximum Gasteiger partial charge on any atom is 0.328 e. The first kappa shape index (κ1) is 17.1. The van der Waals surface area contributed by atoms with Gasteiger partial charge >= 0.3 is 5.97 Å². The smallest absolute Gasteiger partial charge is 0.328 e. The lowest BCUT2D eigenvalue weighted by Crippen LogP contribution is -2.39. The molecule has 0 fully saturated rings. The molecule has 1 aromatic heterocycles. The Morgan fingerprint density at radius 2 is 2.17 bits per heavy atom. The van der Waals surface area contributed by atoms with Crippen molar-refractivity contribution in [1.29, 1.82) is 0 Å². The Bertz CT molecular complexity index is 772. The monoisotopic (exact) mass is 334 g/mol. The zero-order chi connectivity index (χ0) is 17.7. The summed E-state index contributed by atoms with van der Waals surface area (Å²) in [4.78, 5) is 34.0. The number of aryl methyl sites for hydroxylation is 1. The van der Waals surface area contributed by atoms with Gasteiger partial charge in [-0.2, -0.15) is 0 Å². The molecule has 0 bridgehead atoms. The minimum absolute atomic E-state index is 0.0661. The molecule has 2 aromatic rings. The van der Waals surface area contributed by atoms with Crippen molar-refractivity contribution in [1.82, 2.24) is 15.5 Å². The van der Waals surface area contributed by atoms with Crippen LogP contribution in [0.15, 0.2) is 28.7 Å². The lowest BCUT2D eigenvalue weighted by atomic mass is 10.2. The number of esters is 1. The van der Waals surface area contributed by atoms with Gasteiger partial charge < -0.3 is 14.5 Å². The third kappa shape index (κ3) is 4.35.